The van der Waals surface area contributed by atoms with Crippen LogP contribution < -0.4 is 5.06 Å². The van der Waals surface area contributed by atoms with E-state index in [4.69, 9.17) is 4.84 Å². The Labute approximate surface area is 72.7 Å². The zero-order valence-corrected chi connectivity index (χ0v) is 7.50. The summed E-state index contributed by atoms with van der Waals surface area (Å²) in [5, 5.41) is 1.94. The smallest absolute Gasteiger partial charge is 0.0669 e. The van der Waals surface area contributed by atoms with Gasteiger partial charge in [0.2, 0.25) is 0 Å². The predicted molar refractivity (Wildman–Crippen MR) is 49.2 cm³/mol. The average Bonchev–Trinajstić information content (AvgIpc) is 2.46. The molecule has 0 aliphatic carbocycles. The molecular weight excluding hydrogens is 150 g/mol. The molecule has 12 heavy (non-hydrogen) atoms. The van der Waals surface area contributed by atoms with Crippen LogP contribution in [0, 0.1) is 6.92 Å². The van der Waals surface area contributed by atoms with E-state index in [1.54, 1.807) is 7.11 Å². The standard InChI is InChI=1S/C10H13NO/c1-8-3-4-10-9(7-8)5-6-11(10)12-2/h3-4,7H,5-6H2,1-2H3. The molecule has 1 aliphatic rings. The van der Waals surface area contributed by atoms with Gasteiger partial charge in [0.25, 0.3) is 0 Å². The van der Waals surface area contributed by atoms with Crippen LogP contribution in [0.3, 0.4) is 0 Å². The Kier molecular flexibility index (Phi) is 1.77. The fourth-order valence-corrected chi connectivity index (χ4v) is 1.69. The van der Waals surface area contributed by atoms with Gasteiger partial charge in [0, 0.05) is 6.54 Å². The number of benzene rings is 1. The summed E-state index contributed by atoms with van der Waals surface area (Å²) >= 11 is 0. The molecule has 2 rings (SSSR count). The summed E-state index contributed by atoms with van der Waals surface area (Å²) in [5.41, 5.74) is 3.95. The molecule has 0 saturated carbocycles. The lowest BCUT2D eigenvalue weighted by atomic mass is 10.1. The topological polar surface area (TPSA) is 12.5 Å². The third-order valence-corrected chi connectivity index (χ3v) is 2.31. The summed E-state index contributed by atoms with van der Waals surface area (Å²) in [7, 11) is 1.72. The first-order valence-corrected chi connectivity index (χ1v) is 4.22. The molecule has 1 heterocycles. The van der Waals surface area contributed by atoms with Crippen molar-refractivity contribution < 1.29 is 4.84 Å². The number of rotatable bonds is 1. The van der Waals surface area contributed by atoms with Crippen molar-refractivity contribution in [2.75, 3.05) is 18.7 Å². The van der Waals surface area contributed by atoms with E-state index < -0.39 is 0 Å². The SMILES string of the molecule is CON1CCc2cc(C)ccc21. The second-order valence-corrected chi connectivity index (χ2v) is 3.17. The largest absolute Gasteiger partial charge is 0.277 e. The van der Waals surface area contributed by atoms with Crippen molar-refractivity contribution in [2.45, 2.75) is 13.3 Å². The summed E-state index contributed by atoms with van der Waals surface area (Å²) in [5.74, 6) is 0. The molecule has 0 atom stereocenters. The van der Waals surface area contributed by atoms with Crippen molar-refractivity contribution in [3.8, 4) is 0 Å². The van der Waals surface area contributed by atoms with Gasteiger partial charge in [0.15, 0.2) is 0 Å². The molecule has 1 aromatic carbocycles. The first-order valence-electron chi connectivity index (χ1n) is 4.22. The maximum atomic E-state index is 5.21. The van der Waals surface area contributed by atoms with E-state index in [1.807, 2.05) is 5.06 Å². The normalized spacial score (nSPS) is 15.0. The molecule has 0 spiro atoms. The Balaban J connectivity index is 2.40. The number of nitrogens with zero attached hydrogens (tertiary/aromatic N) is 1. The lowest BCUT2D eigenvalue weighted by Gasteiger charge is -2.15. The molecule has 2 nitrogen and oxygen atoms in total. The van der Waals surface area contributed by atoms with Gasteiger partial charge in [0.1, 0.15) is 0 Å². The molecule has 0 radical (unpaired) electrons. The van der Waals surface area contributed by atoms with E-state index in [0.717, 1.165) is 13.0 Å². The Morgan fingerprint density at radius 1 is 1.42 bits per heavy atom. The molecule has 1 aromatic rings. The van der Waals surface area contributed by atoms with Crippen molar-refractivity contribution in [2.24, 2.45) is 0 Å². The number of fused-ring (bicyclic) bond motifs is 1. The van der Waals surface area contributed by atoms with Crippen LogP contribution in [0.1, 0.15) is 11.1 Å². The summed E-state index contributed by atoms with van der Waals surface area (Å²) in [4.78, 5) is 5.21. The molecule has 2 heteroatoms. The van der Waals surface area contributed by atoms with Crippen LogP contribution in [0.5, 0.6) is 0 Å². The minimum Gasteiger partial charge on any atom is -0.277 e. The number of aryl methyl sites for hydroxylation is 1. The molecule has 0 aromatic heterocycles. The van der Waals surface area contributed by atoms with Crippen LogP contribution in [0.2, 0.25) is 0 Å². The third kappa shape index (κ3) is 1.08. The molecular formula is C10H13NO. The van der Waals surface area contributed by atoms with Crippen molar-refractivity contribution in [3.63, 3.8) is 0 Å². The summed E-state index contributed by atoms with van der Waals surface area (Å²) in [6.07, 6.45) is 1.10. The number of anilines is 1. The maximum absolute atomic E-state index is 5.21. The molecule has 0 amide bonds. The minimum atomic E-state index is 0.981. The molecule has 0 unspecified atom stereocenters. The van der Waals surface area contributed by atoms with E-state index in [9.17, 15) is 0 Å². The highest BCUT2D eigenvalue weighted by molar-refractivity contribution is 5.56. The van der Waals surface area contributed by atoms with Gasteiger partial charge in [-0.2, -0.15) is 0 Å². The lowest BCUT2D eigenvalue weighted by molar-refractivity contribution is 0.174. The van der Waals surface area contributed by atoms with Gasteiger partial charge in [0.05, 0.1) is 12.8 Å². The summed E-state index contributed by atoms with van der Waals surface area (Å²) < 4.78 is 0. The quantitative estimate of drug-likeness (QED) is 0.627. The van der Waals surface area contributed by atoms with E-state index in [2.05, 4.69) is 25.1 Å². The Hall–Kier alpha value is -1.02. The monoisotopic (exact) mass is 163 g/mol. The molecule has 0 N–H and O–H groups in total. The van der Waals surface area contributed by atoms with Crippen molar-refractivity contribution in [1.29, 1.82) is 0 Å². The number of hydroxylamine groups is 1. The van der Waals surface area contributed by atoms with Gasteiger partial charge in [-0.3, -0.25) is 9.90 Å². The second kappa shape index (κ2) is 2.79. The van der Waals surface area contributed by atoms with Crippen LogP contribution in [0.15, 0.2) is 18.2 Å². The van der Waals surface area contributed by atoms with Gasteiger partial charge in [-0.25, -0.2) is 0 Å². The number of hydrogen-bond acceptors (Lipinski definition) is 2. The maximum Gasteiger partial charge on any atom is 0.0669 e. The third-order valence-electron chi connectivity index (χ3n) is 2.31. The molecule has 1 aliphatic heterocycles. The average molecular weight is 163 g/mol. The van der Waals surface area contributed by atoms with Crippen molar-refractivity contribution in [1.82, 2.24) is 0 Å². The molecule has 0 saturated heterocycles. The first kappa shape index (κ1) is 7.62. The van der Waals surface area contributed by atoms with Gasteiger partial charge >= 0.3 is 0 Å². The minimum absolute atomic E-state index is 0.981. The van der Waals surface area contributed by atoms with Crippen LogP contribution in [0.25, 0.3) is 0 Å². The van der Waals surface area contributed by atoms with Crippen LogP contribution in [0.4, 0.5) is 5.69 Å². The Bertz CT molecular complexity index is 296. The van der Waals surface area contributed by atoms with Gasteiger partial charge < -0.3 is 0 Å². The zero-order chi connectivity index (χ0) is 8.55. The van der Waals surface area contributed by atoms with Gasteiger partial charge in [-0.15, -0.1) is 0 Å². The van der Waals surface area contributed by atoms with Crippen molar-refractivity contribution in [3.05, 3.63) is 29.3 Å². The number of hydrogen-bond donors (Lipinski definition) is 0. The Morgan fingerprint density at radius 3 is 3.00 bits per heavy atom. The first-order chi connectivity index (χ1) is 5.81. The van der Waals surface area contributed by atoms with E-state index in [1.165, 1.54) is 16.8 Å². The summed E-state index contributed by atoms with van der Waals surface area (Å²) in [6, 6.07) is 6.48. The molecule has 0 fully saturated rings. The van der Waals surface area contributed by atoms with Crippen LogP contribution >= 0.6 is 0 Å². The second-order valence-electron chi connectivity index (χ2n) is 3.17. The van der Waals surface area contributed by atoms with Gasteiger partial charge in [-0.05, 0) is 25.0 Å². The highest BCUT2D eigenvalue weighted by Gasteiger charge is 2.17. The zero-order valence-electron chi connectivity index (χ0n) is 7.50. The molecule has 0 bridgehead atoms. The van der Waals surface area contributed by atoms with Crippen molar-refractivity contribution >= 4 is 5.69 Å². The van der Waals surface area contributed by atoms with Gasteiger partial charge in [-0.1, -0.05) is 17.7 Å². The fraction of sp³-hybridized carbons (Fsp3) is 0.400. The van der Waals surface area contributed by atoms with Crippen LogP contribution in [-0.2, 0) is 11.3 Å². The predicted octanol–water partition coefficient (Wildman–Crippen LogP) is 1.92. The highest BCUT2D eigenvalue weighted by atomic mass is 16.7. The van der Waals surface area contributed by atoms with Crippen LogP contribution in [-0.4, -0.2) is 13.7 Å². The van der Waals surface area contributed by atoms with E-state index in [-0.39, 0.29) is 0 Å². The lowest BCUT2D eigenvalue weighted by Crippen LogP contribution is -2.17. The Morgan fingerprint density at radius 2 is 2.25 bits per heavy atom. The highest BCUT2D eigenvalue weighted by Crippen LogP contribution is 2.28. The van der Waals surface area contributed by atoms with E-state index in [0.29, 0.717) is 0 Å². The summed E-state index contributed by atoms with van der Waals surface area (Å²) in [6.45, 7) is 3.10. The molecule has 64 valence electrons. The van der Waals surface area contributed by atoms with E-state index >= 15 is 0 Å². The fourth-order valence-electron chi connectivity index (χ4n) is 1.69.